The second-order valence-electron chi connectivity index (χ2n) is 5.16. The predicted molar refractivity (Wildman–Crippen MR) is 100 cm³/mol. The van der Waals surface area contributed by atoms with Crippen molar-refractivity contribution in [3.63, 3.8) is 0 Å². The molecule has 7 heteroatoms. The van der Waals surface area contributed by atoms with Gasteiger partial charge in [0.05, 0.1) is 13.2 Å². The van der Waals surface area contributed by atoms with E-state index in [1.807, 2.05) is 32.0 Å². The quantitative estimate of drug-likeness (QED) is 0.685. The van der Waals surface area contributed by atoms with E-state index in [9.17, 15) is 4.79 Å². The summed E-state index contributed by atoms with van der Waals surface area (Å²) in [5.41, 5.74) is 0.856. The van der Waals surface area contributed by atoms with E-state index in [4.69, 9.17) is 9.47 Å². The van der Waals surface area contributed by atoms with Gasteiger partial charge in [-0.25, -0.2) is 0 Å². The molecule has 0 radical (unpaired) electrons. The first-order valence-electron chi connectivity index (χ1n) is 8.37. The summed E-state index contributed by atoms with van der Waals surface area (Å²) in [7, 11) is 0. The summed E-state index contributed by atoms with van der Waals surface area (Å²) in [4.78, 5) is 12.0. The summed E-state index contributed by atoms with van der Waals surface area (Å²) >= 11 is 1.38. The molecule has 1 aromatic heterocycles. The molecule has 1 aromatic carbocycles. The Kier molecular flexibility index (Phi) is 7.40. The molecular formula is C18H23N3O3S. The molecule has 134 valence electrons. The van der Waals surface area contributed by atoms with E-state index in [1.54, 1.807) is 6.08 Å². The van der Waals surface area contributed by atoms with Gasteiger partial charge in [0.15, 0.2) is 11.5 Å². The molecule has 0 bridgehead atoms. The highest BCUT2D eigenvalue weighted by atomic mass is 32.1. The van der Waals surface area contributed by atoms with Gasteiger partial charge < -0.3 is 9.47 Å². The van der Waals surface area contributed by atoms with Crippen LogP contribution in [-0.4, -0.2) is 29.3 Å². The molecule has 2 aromatic rings. The zero-order valence-electron chi connectivity index (χ0n) is 14.7. The fourth-order valence-electron chi connectivity index (χ4n) is 1.99. The van der Waals surface area contributed by atoms with E-state index < -0.39 is 0 Å². The molecule has 0 atom stereocenters. The Balaban J connectivity index is 2.03. The summed E-state index contributed by atoms with van der Waals surface area (Å²) in [5.74, 6) is 1.14. The highest BCUT2D eigenvalue weighted by molar-refractivity contribution is 7.15. The molecule has 0 aliphatic heterocycles. The van der Waals surface area contributed by atoms with Crippen LogP contribution in [0.4, 0.5) is 5.13 Å². The smallest absolute Gasteiger partial charge is 0.250 e. The van der Waals surface area contributed by atoms with Crippen LogP contribution >= 0.6 is 11.3 Å². The molecule has 0 fully saturated rings. The lowest BCUT2D eigenvalue weighted by Gasteiger charge is -2.12. The Labute approximate surface area is 151 Å². The van der Waals surface area contributed by atoms with Crippen molar-refractivity contribution >= 4 is 28.5 Å². The number of hydrogen-bond donors (Lipinski definition) is 1. The Morgan fingerprint density at radius 2 is 2.04 bits per heavy atom. The molecule has 1 amide bonds. The topological polar surface area (TPSA) is 73.3 Å². The number of carbonyl (C=O) groups excluding carboxylic acids is 1. The number of amides is 1. The third kappa shape index (κ3) is 5.86. The number of nitrogens with one attached hydrogen (secondary N) is 1. The Morgan fingerprint density at radius 3 is 2.72 bits per heavy atom. The summed E-state index contributed by atoms with van der Waals surface area (Å²) in [6, 6.07) is 5.60. The number of carbonyl (C=O) groups is 1. The SMILES string of the molecule is CCCOc1ccc(/C=C/C(=O)Nc2nnc(CC)s2)cc1OCC. The number of ether oxygens (including phenoxy) is 2. The maximum absolute atomic E-state index is 12.0. The highest BCUT2D eigenvalue weighted by Gasteiger charge is 2.07. The second kappa shape index (κ2) is 9.78. The summed E-state index contributed by atoms with van der Waals surface area (Å²) in [5, 5.41) is 12.0. The largest absolute Gasteiger partial charge is 0.490 e. The Morgan fingerprint density at radius 1 is 1.20 bits per heavy atom. The van der Waals surface area contributed by atoms with Crippen LogP contribution in [-0.2, 0) is 11.2 Å². The van der Waals surface area contributed by atoms with Crippen molar-refractivity contribution in [3.05, 3.63) is 34.8 Å². The number of hydrogen-bond acceptors (Lipinski definition) is 6. The standard InChI is InChI=1S/C18H23N3O3S/c1-4-11-24-14-9-7-13(12-15(14)23-6-3)8-10-16(22)19-18-21-20-17(5-2)25-18/h7-10,12H,4-6,11H2,1-3H3,(H,19,21,22)/b10-8+. The van der Waals surface area contributed by atoms with Gasteiger partial charge in [-0.3, -0.25) is 10.1 Å². The van der Waals surface area contributed by atoms with E-state index in [-0.39, 0.29) is 5.91 Å². The molecule has 0 spiro atoms. The lowest BCUT2D eigenvalue weighted by Crippen LogP contribution is -2.07. The van der Waals surface area contributed by atoms with Gasteiger partial charge in [-0.1, -0.05) is 31.3 Å². The molecule has 25 heavy (non-hydrogen) atoms. The van der Waals surface area contributed by atoms with Crippen molar-refractivity contribution in [1.29, 1.82) is 0 Å². The first-order valence-corrected chi connectivity index (χ1v) is 9.19. The van der Waals surface area contributed by atoms with E-state index in [0.717, 1.165) is 23.4 Å². The molecule has 0 aliphatic carbocycles. The summed E-state index contributed by atoms with van der Waals surface area (Å²) in [6.45, 7) is 7.16. The number of aryl methyl sites for hydroxylation is 1. The van der Waals surface area contributed by atoms with Gasteiger partial charge in [0.1, 0.15) is 5.01 Å². The lowest BCUT2D eigenvalue weighted by molar-refractivity contribution is -0.111. The second-order valence-corrected chi connectivity index (χ2v) is 6.23. The first kappa shape index (κ1) is 18.9. The molecule has 0 unspecified atom stereocenters. The van der Waals surface area contributed by atoms with E-state index in [1.165, 1.54) is 17.4 Å². The number of aromatic nitrogens is 2. The normalized spacial score (nSPS) is 10.8. The zero-order valence-corrected chi connectivity index (χ0v) is 15.6. The van der Waals surface area contributed by atoms with E-state index in [2.05, 4.69) is 22.4 Å². The van der Waals surface area contributed by atoms with Crippen LogP contribution in [0, 0.1) is 0 Å². The third-order valence-electron chi connectivity index (χ3n) is 3.16. The van der Waals surface area contributed by atoms with E-state index >= 15 is 0 Å². The van der Waals surface area contributed by atoms with E-state index in [0.29, 0.717) is 29.8 Å². The van der Waals surface area contributed by atoms with Crippen LogP contribution in [0.1, 0.15) is 37.8 Å². The number of rotatable bonds is 9. The minimum Gasteiger partial charge on any atom is -0.490 e. The Bertz CT molecular complexity index is 728. The van der Waals surface area contributed by atoms with Gasteiger partial charge in [-0.2, -0.15) is 0 Å². The minimum atomic E-state index is -0.247. The third-order valence-corrected chi connectivity index (χ3v) is 4.14. The molecule has 0 saturated carbocycles. The lowest BCUT2D eigenvalue weighted by atomic mass is 10.2. The average molecular weight is 361 g/mol. The Hall–Kier alpha value is -2.41. The van der Waals surface area contributed by atoms with Crippen molar-refractivity contribution in [3.8, 4) is 11.5 Å². The zero-order chi connectivity index (χ0) is 18.1. The number of benzene rings is 1. The molecule has 1 heterocycles. The van der Waals surface area contributed by atoms with Crippen LogP contribution in [0.2, 0.25) is 0 Å². The fourth-order valence-corrected chi connectivity index (χ4v) is 2.68. The van der Waals surface area contributed by atoms with Gasteiger partial charge in [-0.05, 0) is 43.5 Å². The van der Waals surface area contributed by atoms with Crippen LogP contribution in [0.25, 0.3) is 6.08 Å². The monoisotopic (exact) mass is 361 g/mol. The molecule has 2 rings (SSSR count). The van der Waals surface area contributed by atoms with Crippen LogP contribution in [0.5, 0.6) is 11.5 Å². The summed E-state index contributed by atoms with van der Waals surface area (Å²) in [6.07, 6.45) is 4.92. The number of anilines is 1. The summed E-state index contributed by atoms with van der Waals surface area (Å²) < 4.78 is 11.3. The van der Waals surface area contributed by atoms with Crippen LogP contribution in [0.15, 0.2) is 24.3 Å². The predicted octanol–water partition coefficient (Wildman–Crippen LogP) is 3.94. The van der Waals surface area contributed by atoms with Crippen molar-refractivity contribution < 1.29 is 14.3 Å². The molecule has 1 N–H and O–H groups in total. The molecule has 6 nitrogen and oxygen atoms in total. The van der Waals surface area contributed by atoms with Gasteiger partial charge >= 0.3 is 0 Å². The van der Waals surface area contributed by atoms with Crippen molar-refractivity contribution in [1.82, 2.24) is 10.2 Å². The van der Waals surface area contributed by atoms with Crippen LogP contribution in [0.3, 0.4) is 0 Å². The fraction of sp³-hybridized carbons (Fsp3) is 0.389. The van der Waals surface area contributed by atoms with Crippen LogP contribution < -0.4 is 14.8 Å². The van der Waals surface area contributed by atoms with Gasteiger partial charge in [0.25, 0.3) is 0 Å². The highest BCUT2D eigenvalue weighted by Crippen LogP contribution is 2.29. The van der Waals surface area contributed by atoms with Crippen molar-refractivity contribution in [2.45, 2.75) is 33.6 Å². The van der Waals surface area contributed by atoms with Gasteiger partial charge in [0, 0.05) is 6.08 Å². The molecule has 0 saturated heterocycles. The molecular weight excluding hydrogens is 338 g/mol. The number of nitrogens with zero attached hydrogens (tertiary/aromatic N) is 2. The van der Waals surface area contributed by atoms with Gasteiger partial charge in [-0.15, -0.1) is 10.2 Å². The maximum atomic E-state index is 12.0. The first-order chi connectivity index (χ1) is 12.2. The maximum Gasteiger partial charge on any atom is 0.250 e. The molecule has 0 aliphatic rings. The average Bonchev–Trinajstić information content (AvgIpc) is 3.07. The van der Waals surface area contributed by atoms with Crippen molar-refractivity contribution in [2.24, 2.45) is 0 Å². The minimum absolute atomic E-state index is 0.247. The van der Waals surface area contributed by atoms with Gasteiger partial charge in [0.2, 0.25) is 11.0 Å². The van der Waals surface area contributed by atoms with Crippen molar-refractivity contribution in [2.75, 3.05) is 18.5 Å².